The summed E-state index contributed by atoms with van der Waals surface area (Å²) in [4.78, 5) is 0. The maximum Gasteiger partial charge on any atom is 0.219 e. The number of rotatable bonds is 2. The molecule has 0 aliphatic rings. The summed E-state index contributed by atoms with van der Waals surface area (Å²) in [5, 5.41) is 16.7. The highest BCUT2D eigenvalue weighted by atomic mass is 16.5. The largest absolute Gasteiger partial charge is 0.354 e. The van der Waals surface area contributed by atoms with E-state index >= 15 is 0 Å². The average Bonchev–Trinajstić information content (AvgIpc) is 1.30. The Kier molecular flexibility index (Phi) is 2.22. The van der Waals surface area contributed by atoms with Crippen LogP contribution in [0.1, 0.15) is 19.8 Å². The lowest BCUT2D eigenvalue weighted by Crippen LogP contribution is -2.38. The Labute approximate surface area is 42.8 Å². The van der Waals surface area contributed by atoms with Gasteiger partial charge in [0, 0.05) is 6.42 Å². The van der Waals surface area contributed by atoms with Crippen molar-refractivity contribution in [1.82, 2.24) is 0 Å². The molecule has 0 saturated carbocycles. The fourth-order valence-corrected chi connectivity index (χ4v) is 0.368. The zero-order valence-electron chi connectivity index (χ0n) is 4.39. The van der Waals surface area contributed by atoms with E-state index in [0.29, 0.717) is 6.42 Å². The average molecular weight is 105 g/mol. The minimum atomic E-state index is -1.95. The van der Waals surface area contributed by atoms with Crippen molar-refractivity contribution >= 4 is 0 Å². The van der Waals surface area contributed by atoms with Gasteiger partial charge in [0.05, 0.1) is 0 Å². The summed E-state index contributed by atoms with van der Waals surface area (Å²) >= 11 is 0. The first-order chi connectivity index (χ1) is 3.06. The van der Waals surface area contributed by atoms with E-state index in [4.69, 9.17) is 15.9 Å². The van der Waals surface area contributed by atoms with Crippen LogP contribution in [0.15, 0.2) is 0 Å². The summed E-state index contributed by atoms with van der Waals surface area (Å²) in [5.41, 5.74) is 4.76. The SMILES string of the molecule is CCCC(N)(O)O. The Hall–Kier alpha value is -0.120. The molecular formula is C4H11NO2. The Bertz CT molecular complexity index is 48.1. The van der Waals surface area contributed by atoms with Gasteiger partial charge in [0.25, 0.3) is 0 Å². The molecule has 0 spiro atoms. The molecule has 0 bridgehead atoms. The van der Waals surface area contributed by atoms with E-state index in [9.17, 15) is 0 Å². The normalized spacial score (nSPS) is 12.0. The molecule has 0 fully saturated rings. The van der Waals surface area contributed by atoms with Crippen LogP contribution in [0.5, 0.6) is 0 Å². The Balaban J connectivity index is 3.15. The maximum absolute atomic E-state index is 8.35. The van der Waals surface area contributed by atoms with E-state index in [1.165, 1.54) is 0 Å². The van der Waals surface area contributed by atoms with Gasteiger partial charge < -0.3 is 10.2 Å². The maximum atomic E-state index is 8.35. The van der Waals surface area contributed by atoms with Crippen LogP contribution in [0.3, 0.4) is 0 Å². The summed E-state index contributed by atoms with van der Waals surface area (Å²) in [7, 11) is 0. The molecule has 0 amide bonds. The van der Waals surface area contributed by atoms with Gasteiger partial charge in [-0.05, 0) is 6.42 Å². The summed E-state index contributed by atoms with van der Waals surface area (Å²) in [6.45, 7) is 1.83. The van der Waals surface area contributed by atoms with Crippen LogP contribution in [0.2, 0.25) is 0 Å². The second kappa shape index (κ2) is 2.26. The molecule has 3 nitrogen and oxygen atoms in total. The van der Waals surface area contributed by atoms with Crippen molar-refractivity contribution in [3.8, 4) is 0 Å². The lowest BCUT2D eigenvalue weighted by molar-refractivity contribution is -0.160. The molecule has 0 rings (SSSR count). The quantitative estimate of drug-likeness (QED) is 0.410. The van der Waals surface area contributed by atoms with Gasteiger partial charge in [0.15, 0.2) is 0 Å². The number of hydrogen-bond acceptors (Lipinski definition) is 3. The van der Waals surface area contributed by atoms with E-state index < -0.39 is 5.91 Å². The predicted molar refractivity (Wildman–Crippen MR) is 26.3 cm³/mol. The van der Waals surface area contributed by atoms with Gasteiger partial charge in [-0.3, -0.25) is 5.73 Å². The van der Waals surface area contributed by atoms with Crippen LogP contribution < -0.4 is 5.73 Å². The predicted octanol–water partition coefficient (Wildman–Crippen LogP) is -0.616. The molecule has 0 radical (unpaired) electrons. The van der Waals surface area contributed by atoms with E-state index in [2.05, 4.69) is 0 Å². The summed E-state index contributed by atoms with van der Waals surface area (Å²) in [6, 6.07) is 0. The van der Waals surface area contributed by atoms with Crippen LogP contribution in [0, 0.1) is 0 Å². The molecule has 0 saturated heterocycles. The minimum Gasteiger partial charge on any atom is -0.354 e. The second-order valence-electron chi connectivity index (χ2n) is 1.63. The Morgan fingerprint density at radius 1 is 1.57 bits per heavy atom. The van der Waals surface area contributed by atoms with E-state index in [1.54, 1.807) is 0 Å². The van der Waals surface area contributed by atoms with Crippen LogP contribution in [-0.4, -0.2) is 16.1 Å². The van der Waals surface area contributed by atoms with Crippen LogP contribution in [0.25, 0.3) is 0 Å². The molecule has 0 aromatic carbocycles. The first-order valence-electron chi connectivity index (χ1n) is 2.30. The van der Waals surface area contributed by atoms with Gasteiger partial charge in [0.1, 0.15) is 0 Å². The van der Waals surface area contributed by atoms with E-state index in [0.717, 1.165) is 0 Å². The standard InChI is InChI=1S/C4H11NO2/c1-2-3-4(5,6)7/h6-7H,2-3,5H2,1H3. The van der Waals surface area contributed by atoms with Crippen molar-refractivity contribution in [2.45, 2.75) is 25.7 Å². The van der Waals surface area contributed by atoms with Crippen molar-refractivity contribution in [3.63, 3.8) is 0 Å². The molecule has 7 heavy (non-hydrogen) atoms. The van der Waals surface area contributed by atoms with Crippen molar-refractivity contribution in [3.05, 3.63) is 0 Å². The summed E-state index contributed by atoms with van der Waals surface area (Å²) in [5.74, 6) is -1.95. The molecule has 0 aromatic heterocycles. The summed E-state index contributed by atoms with van der Waals surface area (Å²) in [6.07, 6.45) is 0.913. The molecule has 44 valence electrons. The van der Waals surface area contributed by atoms with Crippen LogP contribution >= 0.6 is 0 Å². The minimum absolute atomic E-state index is 0.229. The van der Waals surface area contributed by atoms with Crippen molar-refractivity contribution in [2.75, 3.05) is 0 Å². The smallest absolute Gasteiger partial charge is 0.219 e. The van der Waals surface area contributed by atoms with Gasteiger partial charge in [-0.1, -0.05) is 6.92 Å². The van der Waals surface area contributed by atoms with Gasteiger partial charge in [-0.15, -0.1) is 0 Å². The lowest BCUT2D eigenvalue weighted by atomic mass is 10.3. The highest BCUT2D eigenvalue weighted by Crippen LogP contribution is 1.97. The second-order valence-corrected chi connectivity index (χ2v) is 1.63. The molecule has 0 aliphatic heterocycles. The molecular weight excluding hydrogens is 94.0 g/mol. The zero-order valence-corrected chi connectivity index (χ0v) is 4.39. The summed E-state index contributed by atoms with van der Waals surface area (Å²) < 4.78 is 0. The van der Waals surface area contributed by atoms with Crippen LogP contribution in [0.4, 0.5) is 0 Å². The number of hydrogen-bond donors (Lipinski definition) is 3. The van der Waals surface area contributed by atoms with Crippen LogP contribution in [-0.2, 0) is 0 Å². The monoisotopic (exact) mass is 105 g/mol. The van der Waals surface area contributed by atoms with Gasteiger partial charge in [-0.2, -0.15) is 0 Å². The molecule has 0 heterocycles. The zero-order chi connectivity index (χ0) is 5.91. The molecule has 0 aliphatic carbocycles. The first-order valence-corrected chi connectivity index (χ1v) is 2.30. The molecule has 0 unspecified atom stereocenters. The fraction of sp³-hybridized carbons (Fsp3) is 1.00. The topological polar surface area (TPSA) is 66.5 Å². The third kappa shape index (κ3) is 5.88. The van der Waals surface area contributed by atoms with Gasteiger partial charge in [0.2, 0.25) is 5.91 Å². The van der Waals surface area contributed by atoms with Crippen molar-refractivity contribution in [2.24, 2.45) is 5.73 Å². The molecule has 3 heteroatoms. The highest BCUT2D eigenvalue weighted by Gasteiger charge is 2.11. The third-order valence-corrected chi connectivity index (χ3v) is 0.618. The van der Waals surface area contributed by atoms with E-state index in [-0.39, 0.29) is 6.42 Å². The number of aliphatic hydroxyl groups is 2. The first kappa shape index (κ1) is 6.88. The molecule has 0 aromatic rings. The van der Waals surface area contributed by atoms with Crippen molar-refractivity contribution < 1.29 is 10.2 Å². The fourth-order valence-electron chi connectivity index (χ4n) is 0.368. The lowest BCUT2D eigenvalue weighted by Gasteiger charge is -2.12. The van der Waals surface area contributed by atoms with E-state index in [1.807, 2.05) is 6.92 Å². The van der Waals surface area contributed by atoms with Gasteiger partial charge >= 0.3 is 0 Å². The highest BCUT2D eigenvalue weighted by molar-refractivity contribution is 4.49. The Morgan fingerprint density at radius 3 is 2.00 bits per heavy atom. The van der Waals surface area contributed by atoms with Gasteiger partial charge in [-0.25, -0.2) is 0 Å². The number of nitrogens with two attached hydrogens (primary N) is 1. The molecule has 0 atom stereocenters. The van der Waals surface area contributed by atoms with Crippen molar-refractivity contribution in [1.29, 1.82) is 0 Å². The Morgan fingerprint density at radius 2 is 2.00 bits per heavy atom. The molecule has 4 N–H and O–H groups in total. The third-order valence-electron chi connectivity index (χ3n) is 0.618.